The summed E-state index contributed by atoms with van der Waals surface area (Å²) >= 11 is 0. The topological polar surface area (TPSA) is 64.8 Å². The van der Waals surface area contributed by atoms with E-state index in [0.717, 1.165) is 22.4 Å². The number of carbonyl (C=O) groups excluding carboxylic acids is 1. The van der Waals surface area contributed by atoms with Gasteiger partial charge < -0.3 is 0 Å². The highest BCUT2D eigenvalue weighted by Crippen LogP contribution is 2.24. The van der Waals surface area contributed by atoms with Gasteiger partial charge in [-0.2, -0.15) is 0 Å². The smallest absolute Gasteiger partial charge is 0.261 e. The Morgan fingerprint density at radius 2 is 1.83 bits per heavy atom. The maximum Gasteiger partial charge on any atom is 0.261 e. The highest BCUT2D eigenvalue weighted by atomic mass is 16.1. The third-order valence-corrected chi connectivity index (χ3v) is 4.19. The number of pyridine rings is 1. The molecular weight excluding hydrogens is 302 g/mol. The molecule has 3 aromatic rings. The molecule has 24 heavy (non-hydrogen) atoms. The van der Waals surface area contributed by atoms with Crippen LogP contribution in [0.25, 0.3) is 22.3 Å². The minimum Gasteiger partial charge on any atom is -0.295 e. The molecule has 0 aliphatic heterocycles. The minimum atomic E-state index is -0.166. The number of rotatable bonds is 2. The number of hydrogen-bond donors (Lipinski definition) is 0. The number of nitrogens with zero attached hydrogens (tertiary/aromatic N) is 3. The average Bonchev–Trinajstić information content (AvgIpc) is 2.51. The largest absolute Gasteiger partial charge is 0.295 e. The minimum absolute atomic E-state index is 0.103. The summed E-state index contributed by atoms with van der Waals surface area (Å²) in [5.74, 6) is 0.415. The molecule has 0 saturated heterocycles. The molecule has 0 bridgehead atoms. The Morgan fingerprint density at radius 1 is 1.12 bits per heavy atom. The van der Waals surface area contributed by atoms with E-state index < -0.39 is 0 Å². The van der Waals surface area contributed by atoms with Crippen molar-refractivity contribution in [2.45, 2.75) is 27.7 Å². The van der Waals surface area contributed by atoms with Gasteiger partial charge in [-0.1, -0.05) is 0 Å². The lowest BCUT2D eigenvalue weighted by Gasteiger charge is -2.13. The molecule has 5 nitrogen and oxygen atoms in total. The summed E-state index contributed by atoms with van der Waals surface area (Å²) in [5, 5.41) is 0.462. The summed E-state index contributed by atoms with van der Waals surface area (Å²) in [6.45, 7) is 7.24. The van der Waals surface area contributed by atoms with Crippen LogP contribution in [-0.4, -0.2) is 20.3 Å². The Hall–Kier alpha value is -2.82. The molecule has 0 radical (unpaired) electrons. The Balaban J connectivity index is 2.45. The molecular formula is C19H19N3O2. The second kappa shape index (κ2) is 5.67. The third kappa shape index (κ3) is 2.52. The quantitative estimate of drug-likeness (QED) is 0.680. The first-order chi connectivity index (χ1) is 11.3. The second-order valence-corrected chi connectivity index (χ2v) is 6.21. The van der Waals surface area contributed by atoms with Crippen LogP contribution in [0.4, 0.5) is 0 Å². The molecule has 0 aliphatic rings. The number of aromatic nitrogens is 3. The number of aryl methyl sites for hydroxylation is 3. The van der Waals surface area contributed by atoms with Crippen molar-refractivity contribution in [3.8, 4) is 11.4 Å². The van der Waals surface area contributed by atoms with Gasteiger partial charge in [0.15, 0.2) is 5.78 Å². The first-order valence-electron chi connectivity index (χ1n) is 7.75. The summed E-state index contributed by atoms with van der Waals surface area (Å²) in [5.41, 5.74) is 4.31. The molecule has 0 fully saturated rings. The van der Waals surface area contributed by atoms with Crippen molar-refractivity contribution in [2.24, 2.45) is 7.05 Å². The van der Waals surface area contributed by atoms with E-state index in [1.54, 1.807) is 25.4 Å². The first kappa shape index (κ1) is 16.1. The summed E-state index contributed by atoms with van der Waals surface area (Å²) in [7, 11) is 1.69. The lowest BCUT2D eigenvalue weighted by molar-refractivity contribution is 0.101. The van der Waals surface area contributed by atoms with Crippen LogP contribution in [0.5, 0.6) is 0 Å². The lowest BCUT2D eigenvalue weighted by atomic mass is 10.0. The average molecular weight is 321 g/mol. The van der Waals surface area contributed by atoms with Crippen LogP contribution in [0, 0.1) is 20.8 Å². The van der Waals surface area contributed by atoms with Crippen molar-refractivity contribution in [1.82, 2.24) is 14.5 Å². The fourth-order valence-corrected chi connectivity index (χ4v) is 2.96. The molecule has 0 atom stereocenters. The fraction of sp³-hybridized carbons (Fsp3) is 0.263. The van der Waals surface area contributed by atoms with Gasteiger partial charge in [-0.3, -0.25) is 19.1 Å². The van der Waals surface area contributed by atoms with E-state index in [2.05, 4.69) is 9.97 Å². The molecule has 0 aliphatic carbocycles. The van der Waals surface area contributed by atoms with Crippen molar-refractivity contribution in [1.29, 1.82) is 0 Å². The SMILES string of the molecule is CC(=O)c1cc(C)cc2c(=O)n(C)c(-c3cnc(C)cc3C)nc12. The number of benzene rings is 1. The van der Waals surface area contributed by atoms with Crippen LogP contribution in [-0.2, 0) is 7.05 Å². The lowest BCUT2D eigenvalue weighted by Crippen LogP contribution is -2.21. The predicted molar refractivity (Wildman–Crippen MR) is 94.4 cm³/mol. The van der Waals surface area contributed by atoms with Crippen LogP contribution in [0.1, 0.15) is 34.1 Å². The highest BCUT2D eigenvalue weighted by Gasteiger charge is 2.17. The number of fused-ring (bicyclic) bond motifs is 1. The van der Waals surface area contributed by atoms with Gasteiger partial charge in [-0.25, -0.2) is 4.98 Å². The molecule has 2 heterocycles. The summed E-state index contributed by atoms with van der Waals surface area (Å²) in [6, 6.07) is 5.51. The fourth-order valence-electron chi connectivity index (χ4n) is 2.96. The normalized spacial score (nSPS) is 11.0. The van der Waals surface area contributed by atoms with E-state index in [4.69, 9.17) is 0 Å². The second-order valence-electron chi connectivity index (χ2n) is 6.21. The monoisotopic (exact) mass is 321 g/mol. The third-order valence-electron chi connectivity index (χ3n) is 4.19. The van der Waals surface area contributed by atoms with Gasteiger partial charge in [0.25, 0.3) is 5.56 Å². The van der Waals surface area contributed by atoms with Gasteiger partial charge in [0.2, 0.25) is 0 Å². The summed E-state index contributed by atoms with van der Waals surface area (Å²) in [4.78, 5) is 33.8. The van der Waals surface area contributed by atoms with Gasteiger partial charge in [-0.05, 0) is 57.0 Å². The zero-order valence-corrected chi connectivity index (χ0v) is 14.5. The molecule has 0 spiro atoms. The Bertz CT molecular complexity index is 1050. The number of carbonyl (C=O) groups is 1. The van der Waals surface area contributed by atoms with E-state index in [9.17, 15) is 9.59 Å². The van der Waals surface area contributed by atoms with Crippen LogP contribution >= 0.6 is 0 Å². The maximum atomic E-state index is 12.8. The maximum absolute atomic E-state index is 12.8. The van der Waals surface area contributed by atoms with Gasteiger partial charge in [-0.15, -0.1) is 0 Å². The molecule has 0 amide bonds. The highest BCUT2D eigenvalue weighted by molar-refractivity contribution is 6.05. The summed E-state index contributed by atoms with van der Waals surface area (Å²) in [6.07, 6.45) is 1.72. The van der Waals surface area contributed by atoms with Crippen LogP contribution in [0.15, 0.2) is 29.2 Å². The van der Waals surface area contributed by atoms with E-state index in [-0.39, 0.29) is 11.3 Å². The Morgan fingerprint density at radius 3 is 2.46 bits per heavy atom. The molecule has 1 aromatic carbocycles. The van der Waals surface area contributed by atoms with Crippen LogP contribution in [0.3, 0.4) is 0 Å². The van der Waals surface area contributed by atoms with Gasteiger partial charge in [0.05, 0.1) is 10.9 Å². The molecule has 0 saturated carbocycles. The van der Waals surface area contributed by atoms with Crippen molar-refractivity contribution in [2.75, 3.05) is 0 Å². The van der Waals surface area contributed by atoms with Crippen molar-refractivity contribution in [3.63, 3.8) is 0 Å². The zero-order valence-electron chi connectivity index (χ0n) is 14.5. The molecule has 0 N–H and O–H groups in total. The van der Waals surface area contributed by atoms with Crippen LogP contribution < -0.4 is 5.56 Å². The van der Waals surface area contributed by atoms with E-state index in [0.29, 0.717) is 22.3 Å². The van der Waals surface area contributed by atoms with Crippen molar-refractivity contribution < 1.29 is 4.79 Å². The summed E-state index contributed by atoms with van der Waals surface area (Å²) < 4.78 is 1.52. The number of ketones is 1. The predicted octanol–water partition coefficient (Wildman–Crippen LogP) is 3.12. The van der Waals surface area contributed by atoms with E-state index in [1.807, 2.05) is 26.8 Å². The first-order valence-corrected chi connectivity index (χ1v) is 7.75. The van der Waals surface area contributed by atoms with Crippen molar-refractivity contribution in [3.05, 3.63) is 57.1 Å². The van der Waals surface area contributed by atoms with Crippen molar-refractivity contribution >= 4 is 16.7 Å². The van der Waals surface area contributed by atoms with E-state index in [1.165, 1.54) is 11.5 Å². The standard InChI is InChI=1S/C19H19N3O2/c1-10-6-14(13(4)23)17-15(7-10)19(24)22(5)18(21-17)16-9-20-12(3)8-11(16)2/h6-9H,1-5H3. The molecule has 122 valence electrons. The number of Topliss-reactive ketones (excluding diaryl/α,β-unsaturated/α-hetero) is 1. The molecule has 2 aromatic heterocycles. The Labute approximate surface area is 140 Å². The van der Waals surface area contributed by atoms with E-state index >= 15 is 0 Å². The van der Waals surface area contributed by atoms with Crippen LogP contribution in [0.2, 0.25) is 0 Å². The number of hydrogen-bond acceptors (Lipinski definition) is 4. The zero-order chi connectivity index (χ0) is 17.6. The molecule has 5 heteroatoms. The molecule has 0 unspecified atom stereocenters. The van der Waals surface area contributed by atoms with Gasteiger partial charge in [0.1, 0.15) is 5.82 Å². The van der Waals surface area contributed by atoms with Gasteiger partial charge in [0, 0.05) is 30.1 Å². The van der Waals surface area contributed by atoms with Gasteiger partial charge >= 0.3 is 0 Å². The molecule has 3 rings (SSSR count). The Kier molecular flexibility index (Phi) is 3.79.